The predicted octanol–water partition coefficient (Wildman–Crippen LogP) is 5.14. The monoisotopic (exact) mass is 429 g/mol. The third kappa shape index (κ3) is 22.8. The summed E-state index contributed by atoms with van der Waals surface area (Å²) in [6.07, 6.45) is 9.87. The fraction of sp³-hybridized carbons (Fsp3) is 0.913. The quantitative estimate of drug-likeness (QED) is 0.314. The highest BCUT2D eigenvalue weighted by atomic mass is 16.6. The average Bonchev–Trinajstić information content (AvgIpc) is 2.58. The van der Waals surface area contributed by atoms with Crippen molar-refractivity contribution in [3.8, 4) is 0 Å². The highest BCUT2D eigenvalue weighted by Gasteiger charge is 2.16. The maximum atomic E-state index is 11.5. The van der Waals surface area contributed by atoms with Crippen molar-refractivity contribution in [2.75, 3.05) is 26.2 Å². The van der Waals surface area contributed by atoms with Crippen LogP contribution < -0.4 is 16.0 Å². The van der Waals surface area contributed by atoms with E-state index < -0.39 is 11.2 Å². The number of unbranched alkanes of at least 4 members (excludes halogenated alkanes) is 7. The summed E-state index contributed by atoms with van der Waals surface area (Å²) in [6, 6.07) is 0. The number of rotatable bonds is 15. The van der Waals surface area contributed by atoms with Gasteiger partial charge in [-0.3, -0.25) is 0 Å². The first kappa shape index (κ1) is 28.5. The first-order chi connectivity index (χ1) is 14.0. The number of carbonyl (C=O) groups excluding carboxylic acids is 2. The van der Waals surface area contributed by atoms with Crippen molar-refractivity contribution >= 4 is 12.2 Å². The molecule has 0 aliphatic carbocycles. The van der Waals surface area contributed by atoms with Gasteiger partial charge in [-0.15, -0.1) is 0 Å². The van der Waals surface area contributed by atoms with E-state index >= 15 is 0 Å². The molecule has 0 radical (unpaired) electrons. The Bertz CT molecular complexity index is 414. The summed E-state index contributed by atoms with van der Waals surface area (Å²) in [7, 11) is 0. The molecule has 178 valence electrons. The summed E-state index contributed by atoms with van der Waals surface area (Å²) in [5, 5.41) is 8.99. The van der Waals surface area contributed by atoms with Crippen LogP contribution in [-0.2, 0) is 9.47 Å². The Morgan fingerprint density at radius 2 is 0.867 bits per heavy atom. The van der Waals surface area contributed by atoms with Crippen LogP contribution in [0.5, 0.6) is 0 Å². The minimum Gasteiger partial charge on any atom is -0.444 e. The molecule has 0 rings (SSSR count). The second-order valence-corrected chi connectivity index (χ2v) is 9.79. The number of nitrogens with one attached hydrogen (secondary N) is 3. The molecule has 0 spiro atoms. The van der Waals surface area contributed by atoms with Crippen molar-refractivity contribution in [3.05, 3.63) is 0 Å². The van der Waals surface area contributed by atoms with Gasteiger partial charge in [0.05, 0.1) is 0 Å². The van der Waals surface area contributed by atoms with Crippen LogP contribution in [-0.4, -0.2) is 49.6 Å². The van der Waals surface area contributed by atoms with Gasteiger partial charge in [-0.1, -0.05) is 38.5 Å². The summed E-state index contributed by atoms with van der Waals surface area (Å²) in [5.41, 5.74) is -0.875. The third-order valence-corrected chi connectivity index (χ3v) is 4.15. The molecule has 0 aliphatic rings. The van der Waals surface area contributed by atoms with Gasteiger partial charge in [-0.05, 0) is 73.9 Å². The Morgan fingerprint density at radius 3 is 1.30 bits per heavy atom. The van der Waals surface area contributed by atoms with Gasteiger partial charge in [0, 0.05) is 13.1 Å². The van der Waals surface area contributed by atoms with E-state index in [0.717, 1.165) is 32.4 Å². The van der Waals surface area contributed by atoms with Crippen molar-refractivity contribution in [1.29, 1.82) is 0 Å². The van der Waals surface area contributed by atoms with Gasteiger partial charge in [0.15, 0.2) is 0 Å². The van der Waals surface area contributed by atoms with Crippen LogP contribution in [0.3, 0.4) is 0 Å². The number of alkyl carbamates (subject to hydrolysis) is 2. The van der Waals surface area contributed by atoms with E-state index in [4.69, 9.17) is 9.47 Å². The maximum Gasteiger partial charge on any atom is 0.407 e. The Labute approximate surface area is 184 Å². The van der Waals surface area contributed by atoms with Gasteiger partial charge in [0.1, 0.15) is 11.2 Å². The van der Waals surface area contributed by atoms with Gasteiger partial charge in [-0.25, -0.2) is 9.59 Å². The maximum absolute atomic E-state index is 11.5. The number of carbonyl (C=O) groups is 2. The highest BCUT2D eigenvalue weighted by molar-refractivity contribution is 5.67. The molecule has 30 heavy (non-hydrogen) atoms. The van der Waals surface area contributed by atoms with E-state index in [9.17, 15) is 9.59 Å². The molecule has 7 nitrogen and oxygen atoms in total. The minimum atomic E-state index is -0.443. The number of hydrogen-bond donors (Lipinski definition) is 3. The van der Waals surface area contributed by atoms with Crippen molar-refractivity contribution in [2.24, 2.45) is 0 Å². The molecule has 0 unspecified atom stereocenters. The van der Waals surface area contributed by atoms with Crippen molar-refractivity contribution < 1.29 is 19.1 Å². The highest BCUT2D eigenvalue weighted by Crippen LogP contribution is 2.09. The normalized spacial score (nSPS) is 11.8. The Hall–Kier alpha value is -1.50. The Kier molecular flexibility index (Phi) is 15.4. The molecule has 0 aromatic rings. The molecule has 0 atom stereocenters. The van der Waals surface area contributed by atoms with Crippen LogP contribution in [0, 0.1) is 0 Å². The van der Waals surface area contributed by atoms with Crippen LogP contribution >= 0.6 is 0 Å². The van der Waals surface area contributed by atoms with Crippen molar-refractivity contribution in [3.63, 3.8) is 0 Å². The fourth-order valence-electron chi connectivity index (χ4n) is 2.78. The van der Waals surface area contributed by atoms with Crippen LogP contribution in [0.4, 0.5) is 9.59 Å². The molecule has 0 aromatic carbocycles. The van der Waals surface area contributed by atoms with E-state index in [0.29, 0.717) is 13.1 Å². The summed E-state index contributed by atoms with van der Waals surface area (Å²) in [5.74, 6) is 0. The van der Waals surface area contributed by atoms with Gasteiger partial charge in [0.2, 0.25) is 0 Å². The lowest BCUT2D eigenvalue weighted by atomic mass is 10.1. The molecule has 0 bridgehead atoms. The molecule has 3 N–H and O–H groups in total. The SMILES string of the molecule is CC(C)(C)OC(=O)NCCCCCCCCCCNCCCNC(=O)OC(C)(C)C. The molecule has 0 aromatic heterocycles. The zero-order valence-electron chi connectivity index (χ0n) is 20.3. The molecular weight excluding hydrogens is 382 g/mol. The second kappa shape index (κ2) is 16.2. The fourth-order valence-corrected chi connectivity index (χ4v) is 2.78. The van der Waals surface area contributed by atoms with Crippen molar-refractivity contribution in [1.82, 2.24) is 16.0 Å². The zero-order valence-corrected chi connectivity index (χ0v) is 20.3. The topological polar surface area (TPSA) is 88.7 Å². The van der Waals surface area contributed by atoms with E-state index in [2.05, 4.69) is 16.0 Å². The van der Waals surface area contributed by atoms with Gasteiger partial charge < -0.3 is 25.4 Å². The molecule has 7 heteroatoms. The molecule has 2 amide bonds. The second-order valence-electron chi connectivity index (χ2n) is 9.79. The first-order valence-corrected chi connectivity index (χ1v) is 11.6. The molecular formula is C23H47N3O4. The van der Waals surface area contributed by atoms with E-state index in [-0.39, 0.29) is 12.2 Å². The molecule has 0 heterocycles. The third-order valence-electron chi connectivity index (χ3n) is 4.15. The predicted molar refractivity (Wildman–Crippen MR) is 123 cm³/mol. The number of ether oxygens (including phenoxy) is 2. The van der Waals surface area contributed by atoms with Crippen LogP contribution in [0.25, 0.3) is 0 Å². The molecule has 0 saturated carbocycles. The van der Waals surface area contributed by atoms with Crippen LogP contribution in [0.15, 0.2) is 0 Å². The lowest BCUT2D eigenvalue weighted by molar-refractivity contribution is 0.0515. The van der Waals surface area contributed by atoms with E-state index in [1.165, 1.54) is 38.5 Å². The standard InChI is InChI=1S/C23H47N3O4/c1-22(2,3)29-20(27)25-18-14-12-10-8-7-9-11-13-16-24-17-15-19-26-21(28)30-23(4,5)6/h24H,7-19H2,1-6H3,(H,25,27)(H,26,28). The van der Waals surface area contributed by atoms with Crippen LogP contribution in [0.2, 0.25) is 0 Å². The average molecular weight is 430 g/mol. The Morgan fingerprint density at radius 1 is 0.533 bits per heavy atom. The molecule has 0 aliphatic heterocycles. The molecule has 0 fully saturated rings. The summed E-state index contributed by atoms with van der Waals surface area (Å²) >= 11 is 0. The van der Waals surface area contributed by atoms with E-state index in [1.54, 1.807) is 0 Å². The summed E-state index contributed by atoms with van der Waals surface area (Å²) in [6.45, 7) is 14.5. The van der Waals surface area contributed by atoms with Gasteiger partial charge >= 0.3 is 12.2 Å². The lowest BCUT2D eigenvalue weighted by Crippen LogP contribution is -2.34. The smallest absolute Gasteiger partial charge is 0.407 e. The summed E-state index contributed by atoms with van der Waals surface area (Å²) < 4.78 is 10.4. The van der Waals surface area contributed by atoms with Gasteiger partial charge in [0.25, 0.3) is 0 Å². The van der Waals surface area contributed by atoms with Crippen LogP contribution in [0.1, 0.15) is 99.3 Å². The first-order valence-electron chi connectivity index (χ1n) is 11.6. The zero-order chi connectivity index (χ0) is 22.9. The van der Waals surface area contributed by atoms with E-state index in [1.807, 2.05) is 41.5 Å². The number of amides is 2. The largest absolute Gasteiger partial charge is 0.444 e. The summed E-state index contributed by atoms with van der Waals surface area (Å²) in [4.78, 5) is 23.0. The Balaban J connectivity index is 3.25. The lowest BCUT2D eigenvalue weighted by Gasteiger charge is -2.19. The molecule has 0 saturated heterocycles. The minimum absolute atomic E-state index is 0.324. The van der Waals surface area contributed by atoms with Crippen molar-refractivity contribution in [2.45, 2.75) is 111 Å². The number of hydrogen-bond acceptors (Lipinski definition) is 5. The van der Waals surface area contributed by atoms with Gasteiger partial charge in [-0.2, -0.15) is 0 Å².